The zero-order chi connectivity index (χ0) is 26.7. The molecule has 1 atom stereocenters. The molecule has 4 rings (SSSR count). The first-order chi connectivity index (χ1) is 18.6. The summed E-state index contributed by atoms with van der Waals surface area (Å²) >= 11 is 0. The summed E-state index contributed by atoms with van der Waals surface area (Å²) in [6.07, 6.45) is 3.68. The van der Waals surface area contributed by atoms with Gasteiger partial charge in [0.15, 0.2) is 0 Å². The molecule has 0 unspecified atom stereocenters. The van der Waals surface area contributed by atoms with Gasteiger partial charge in [0.25, 0.3) is 0 Å². The Labute approximate surface area is 222 Å². The van der Waals surface area contributed by atoms with Crippen LogP contribution in [-0.2, 0) is 27.5 Å². The third kappa shape index (κ3) is 7.05. The molecule has 2 heterocycles. The molecule has 1 aromatic heterocycles. The number of methoxy groups -OCH3 is 1. The number of hydrogen-bond donors (Lipinski definition) is 1. The lowest BCUT2D eigenvalue weighted by Crippen LogP contribution is -2.61. The lowest BCUT2D eigenvalue weighted by atomic mass is 10.1. The van der Waals surface area contributed by atoms with E-state index in [2.05, 4.69) is 15.3 Å². The first kappa shape index (κ1) is 27.0. The van der Waals surface area contributed by atoms with E-state index in [4.69, 9.17) is 14.2 Å². The summed E-state index contributed by atoms with van der Waals surface area (Å²) in [4.78, 5) is 37.6. The molecule has 0 spiro atoms. The number of aromatic nitrogens is 2. The molecule has 1 saturated heterocycles. The predicted molar refractivity (Wildman–Crippen MR) is 142 cm³/mol. The number of amides is 2. The summed E-state index contributed by atoms with van der Waals surface area (Å²) in [5.74, 6) is 0.419. The maximum absolute atomic E-state index is 13.3. The molecular weight excluding hydrogens is 486 g/mol. The van der Waals surface area contributed by atoms with Crippen LogP contribution in [0.2, 0.25) is 0 Å². The van der Waals surface area contributed by atoms with Crippen LogP contribution in [0.15, 0.2) is 67.0 Å². The zero-order valence-electron chi connectivity index (χ0n) is 21.7. The van der Waals surface area contributed by atoms with Gasteiger partial charge in [-0.05, 0) is 11.6 Å². The average molecular weight is 520 g/mol. The molecule has 1 fully saturated rings. The van der Waals surface area contributed by atoms with E-state index in [1.165, 1.54) is 17.3 Å². The SMILES string of the molecule is COc1ccccc1COCCCOc1ncc(N2C(=O)CNC[C@@H]2C(=O)N(C)Cc2ccccc2)cn1. The molecule has 0 radical (unpaired) electrons. The lowest BCUT2D eigenvalue weighted by molar-refractivity contribution is -0.134. The Kier molecular flexibility index (Phi) is 9.60. The molecule has 0 bridgehead atoms. The molecule has 2 amide bonds. The van der Waals surface area contributed by atoms with Gasteiger partial charge >= 0.3 is 6.01 Å². The third-order valence-electron chi connectivity index (χ3n) is 6.13. The summed E-state index contributed by atoms with van der Waals surface area (Å²) in [6, 6.07) is 17.0. The molecule has 200 valence electrons. The maximum Gasteiger partial charge on any atom is 0.316 e. The molecule has 38 heavy (non-hydrogen) atoms. The van der Waals surface area contributed by atoms with Crippen molar-refractivity contribution in [2.24, 2.45) is 0 Å². The number of carbonyl (C=O) groups is 2. The van der Waals surface area contributed by atoms with Gasteiger partial charge in [-0.2, -0.15) is 0 Å². The fraction of sp³-hybridized carbons (Fsp3) is 0.357. The van der Waals surface area contributed by atoms with E-state index in [1.54, 1.807) is 19.1 Å². The quantitative estimate of drug-likeness (QED) is 0.364. The summed E-state index contributed by atoms with van der Waals surface area (Å²) < 4.78 is 16.7. The van der Waals surface area contributed by atoms with Gasteiger partial charge in [0.05, 0.1) is 51.6 Å². The molecule has 3 aromatic rings. The Morgan fingerprint density at radius 3 is 2.58 bits per heavy atom. The van der Waals surface area contributed by atoms with Crippen LogP contribution in [-0.4, -0.2) is 73.2 Å². The number of benzene rings is 2. The number of rotatable bonds is 12. The minimum Gasteiger partial charge on any atom is -0.496 e. The first-order valence-corrected chi connectivity index (χ1v) is 12.5. The van der Waals surface area contributed by atoms with Gasteiger partial charge in [-0.15, -0.1) is 0 Å². The topological polar surface area (TPSA) is 106 Å². The van der Waals surface area contributed by atoms with Crippen molar-refractivity contribution < 1.29 is 23.8 Å². The monoisotopic (exact) mass is 519 g/mol. The Morgan fingerprint density at radius 1 is 1.08 bits per heavy atom. The van der Waals surface area contributed by atoms with Crippen molar-refractivity contribution in [3.8, 4) is 11.8 Å². The fourth-order valence-electron chi connectivity index (χ4n) is 4.21. The number of anilines is 1. The van der Waals surface area contributed by atoms with Crippen molar-refractivity contribution in [3.63, 3.8) is 0 Å². The van der Waals surface area contributed by atoms with Gasteiger partial charge in [0.2, 0.25) is 11.8 Å². The highest BCUT2D eigenvalue weighted by Crippen LogP contribution is 2.21. The van der Waals surface area contributed by atoms with E-state index in [0.29, 0.717) is 45.0 Å². The van der Waals surface area contributed by atoms with Gasteiger partial charge in [-0.25, -0.2) is 9.97 Å². The highest BCUT2D eigenvalue weighted by atomic mass is 16.5. The van der Waals surface area contributed by atoms with Gasteiger partial charge in [-0.1, -0.05) is 48.5 Å². The highest BCUT2D eigenvalue weighted by Gasteiger charge is 2.36. The number of piperazine rings is 1. The highest BCUT2D eigenvalue weighted by molar-refractivity contribution is 6.02. The van der Waals surface area contributed by atoms with Gasteiger partial charge in [0, 0.05) is 32.1 Å². The molecule has 10 nitrogen and oxygen atoms in total. The van der Waals surface area contributed by atoms with Crippen molar-refractivity contribution in [2.45, 2.75) is 25.6 Å². The number of hydrogen-bond acceptors (Lipinski definition) is 8. The van der Waals surface area contributed by atoms with Crippen LogP contribution in [0, 0.1) is 0 Å². The largest absolute Gasteiger partial charge is 0.496 e. The number of nitrogens with one attached hydrogen (secondary N) is 1. The van der Waals surface area contributed by atoms with Crippen LogP contribution >= 0.6 is 0 Å². The number of ether oxygens (including phenoxy) is 3. The lowest BCUT2D eigenvalue weighted by Gasteiger charge is -2.36. The van der Waals surface area contributed by atoms with Crippen molar-refractivity contribution >= 4 is 17.5 Å². The molecule has 1 N–H and O–H groups in total. The van der Waals surface area contributed by atoms with Crippen molar-refractivity contribution in [2.75, 3.05) is 45.4 Å². The molecular formula is C28H33N5O5. The standard InChI is InChI=1S/C28H33N5O5/c1-32(19-21-9-4-3-5-10-21)27(35)24-17-29-18-26(34)33(24)23-15-30-28(31-16-23)38-14-8-13-37-20-22-11-6-7-12-25(22)36-2/h3-7,9-12,15-16,24,29H,8,13-14,17-20H2,1-2H3/t24-/m1/s1. The van der Waals surface area contributed by atoms with Crippen molar-refractivity contribution in [3.05, 3.63) is 78.1 Å². The second-order valence-electron chi connectivity index (χ2n) is 8.88. The fourth-order valence-corrected chi connectivity index (χ4v) is 4.21. The minimum atomic E-state index is -0.694. The van der Waals surface area contributed by atoms with Crippen LogP contribution in [0.25, 0.3) is 0 Å². The van der Waals surface area contributed by atoms with Crippen molar-refractivity contribution in [1.29, 1.82) is 0 Å². The number of likely N-dealkylation sites (N-methyl/N-ethyl adjacent to an activating group) is 1. The average Bonchev–Trinajstić information content (AvgIpc) is 2.95. The number of nitrogens with zero attached hydrogens (tertiary/aromatic N) is 4. The van der Waals surface area contributed by atoms with Crippen molar-refractivity contribution in [1.82, 2.24) is 20.2 Å². The zero-order valence-corrected chi connectivity index (χ0v) is 21.7. The summed E-state index contributed by atoms with van der Waals surface area (Å²) in [6.45, 7) is 2.27. The maximum atomic E-state index is 13.3. The smallest absolute Gasteiger partial charge is 0.316 e. The van der Waals surface area contributed by atoms with Gasteiger partial charge < -0.3 is 24.4 Å². The van der Waals surface area contributed by atoms with Gasteiger partial charge in [-0.3, -0.25) is 14.5 Å². The molecule has 0 saturated carbocycles. The van der Waals surface area contributed by atoms with E-state index in [0.717, 1.165) is 16.9 Å². The molecule has 1 aliphatic rings. The first-order valence-electron chi connectivity index (χ1n) is 12.5. The molecule has 1 aliphatic heterocycles. The van der Waals surface area contributed by atoms with Crippen LogP contribution in [0.3, 0.4) is 0 Å². The van der Waals surface area contributed by atoms with Crippen LogP contribution in [0.4, 0.5) is 5.69 Å². The third-order valence-corrected chi connectivity index (χ3v) is 6.13. The number of carbonyl (C=O) groups excluding carboxylic acids is 2. The summed E-state index contributed by atoms with van der Waals surface area (Å²) in [5.41, 5.74) is 2.45. The minimum absolute atomic E-state index is 0.138. The van der Waals surface area contributed by atoms with E-state index in [-0.39, 0.29) is 24.4 Å². The molecule has 0 aliphatic carbocycles. The predicted octanol–water partition coefficient (Wildman–Crippen LogP) is 2.43. The van der Waals surface area contributed by atoms with E-state index in [9.17, 15) is 9.59 Å². The Bertz CT molecular complexity index is 1190. The van der Waals surface area contributed by atoms with Gasteiger partial charge in [0.1, 0.15) is 11.8 Å². The second-order valence-corrected chi connectivity index (χ2v) is 8.88. The van der Waals surface area contributed by atoms with E-state index in [1.807, 2.05) is 54.6 Å². The van der Waals surface area contributed by atoms with Crippen LogP contribution in [0.5, 0.6) is 11.8 Å². The van der Waals surface area contributed by atoms with Crippen LogP contribution in [0.1, 0.15) is 17.5 Å². The summed E-state index contributed by atoms with van der Waals surface area (Å²) in [7, 11) is 3.37. The molecule has 10 heteroatoms. The summed E-state index contributed by atoms with van der Waals surface area (Å²) in [5, 5.41) is 3.03. The molecule has 2 aromatic carbocycles. The Hall–Kier alpha value is -4.02. The number of para-hydroxylation sites is 1. The normalized spacial score (nSPS) is 15.3. The van der Waals surface area contributed by atoms with E-state index < -0.39 is 6.04 Å². The Morgan fingerprint density at radius 2 is 1.82 bits per heavy atom. The second kappa shape index (κ2) is 13.5. The Balaban J connectivity index is 1.28. The van der Waals surface area contributed by atoms with E-state index >= 15 is 0 Å². The van der Waals surface area contributed by atoms with Crippen LogP contribution < -0.4 is 19.7 Å².